The van der Waals surface area contributed by atoms with Gasteiger partial charge in [0.1, 0.15) is 0 Å². The van der Waals surface area contributed by atoms with Crippen LogP contribution in [0.1, 0.15) is 32.1 Å². The zero-order valence-electron chi connectivity index (χ0n) is 10.5. The molecule has 1 fully saturated rings. The van der Waals surface area contributed by atoms with Crippen LogP contribution in [0, 0.1) is 5.92 Å². The predicted octanol–water partition coefficient (Wildman–Crippen LogP) is 0.0844. The first-order chi connectivity index (χ1) is 8.48. The first-order valence-electron chi connectivity index (χ1n) is 6.06. The summed E-state index contributed by atoms with van der Waals surface area (Å²) in [5.41, 5.74) is 5.60. The summed E-state index contributed by atoms with van der Waals surface area (Å²) in [5.74, 6) is 0.234. The highest BCUT2D eigenvalue weighted by Gasteiger charge is 2.27. The third kappa shape index (κ3) is 4.79. The molecule has 4 N–H and O–H groups in total. The lowest BCUT2D eigenvalue weighted by Gasteiger charge is -2.29. The number of carbonyl (C=O) groups is 1. The Labute approximate surface area is 108 Å². The van der Waals surface area contributed by atoms with E-state index < -0.39 is 16.3 Å². The van der Waals surface area contributed by atoms with Crippen LogP contribution in [0.5, 0.6) is 0 Å². The number of methoxy groups -OCH3 is 1. The maximum atomic E-state index is 11.6. The molecule has 1 atom stereocenters. The summed E-state index contributed by atoms with van der Waals surface area (Å²) in [4.78, 5) is 10.9. The van der Waals surface area contributed by atoms with Gasteiger partial charge in [-0.1, -0.05) is 19.3 Å². The van der Waals surface area contributed by atoms with Crippen LogP contribution in [0.3, 0.4) is 0 Å². The quantitative estimate of drug-likeness (QED) is 0.660. The molecular formula is C10H21N3O4S. The van der Waals surface area contributed by atoms with Crippen LogP contribution < -0.4 is 15.2 Å². The Morgan fingerprint density at radius 1 is 1.39 bits per heavy atom. The Morgan fingerprint density at radius 2 is 2.00 bits per heavy atom. The van der Waals surface area contributed by atoms with Crippen molar-refractivity contribution in [3.63, 3.8) is 0 Å². The van der Waals surface area contributed by atoms with Crippen LogP contribution in [0.15, 0.2) is 0 Å². The molecule has 1 saturated carbocycles. The Kier molecular flexibility index (Phi) is 5.83. The summed E-state index contributed by atoms with van der Waals surface area (Å²) in [5, 5.41) is 0. The molecule has 0 heterocycles. The molecule has 1 unspecified atom stereocenters. The number of nitrogens with one attached hydrogen (secondary N) is 2. The molecule has 0 aromatic rings. The molecule has 106 valence electrons. The van der Waals surface area contributed by atoms with Gasteiger partial charge < -0.3 is 10.5 Å². The SMILES string of the molecule is COC(=O)NS(=O)(=O)NC(CN)C1CCCCC1. The van der Waals surface area contributed by atoms with Gasteiger partial charge in [0.05, 0.1) is 7.11 Å². The lowest BCUT2D eigenvalue weighted by molar-refractivity contribution is 0.177. The molecular weight excluding hydrogens is 258 g/mol. The number of carbonyl (C=O) groups excluding carboxylic acids is 1. The molecule has 0 bridgehead atoms. The van der Waals surface area contributed by atoms with Crippen LogP contribution in [-0.2, 0) is 14.9 Å². The van der Waals surface area contributed by atoms with E-state index in [1.807, 2.05) is 0 Å². The van der Waals surface area contributed by atoms with E-state index in [-0.39, 0.29) is 18.5 Å². The van der Waals surface area contributed by atoms with Gasteiger partial charge in [0.15, 0.2) is 0 Å². The van der Waals surface area contributed by atoms with Crippen LogP contribution in [-0.4, -0.2) is 34.2 Å². The highest BCUT2D eigenvalue weighted by atomic mass is 32.2. The highest BCUT2D eigenvalue weighted by Crippen LogP contribution is 2.26. The second-order valence-corrected chi connectivity index (χ2v) is 5.90. The van der Waals surface area contributed by atoms with Gasteiger partial charge in [0.2, 0.25) is 0 Å². The van der Waals surface area contributed by atoms with Gasteiger partial charge in [-0.25, -0.2) is 9.52 Å². The van der Waals surface area contributed by atoms with Crippen LogP contribution in [0.25, 0.3) is 0 Å². The monoisotopic (exact) mass is 279 g/mol. The Morgan fingerprint density at radius 3 is 2.50 bits per heavy atom. The second-order valence-electron chi connectivity index (χ2n) is 4.46. The zero-order valence-corrected chi connectivity index (χ0v) is 11.3. The summed E-state index contributed by atoms with van der Waals surface area (Å²) >= 11 is 0. The molecule has 7 nitrogen and oxygen atoms in total. The molecule has 0 aliphatic heterocycles. The maximum Gasteiger partial charge on any atom is 0.421 e. The fourth-order valence-corrected chi connectivity index (χ4v) is 3.30. The van der Waals surface area contributed by atoms with Crippen LogP contribution >= 0.6 is 0 Å². The molecule has 1 aliphatic rings. The van der Waals surface area contributed by atoms with E-state index in [0.717, 1.165) is 32.8 Å². The van der Waals surface area contributed by atoms with Crippen LogP contribution in [0.4, 0.5) is 4.79 Å². The third-order valence-corrected chi connectivity index (χ3v) is 4.23. The van der Waals surface area contributed by atoms with Crippen molar-refractivity contribution in [1.29, 1.82) is 0 Å². The number of ether oxygens (including phenoxy) is 1. The number of amides is 1. The first-order valence-corrected chi connectivity index (χ1v) is 7.55. The second kappa shape index (κ2) is 6.91. The van der Waals surface area contributed by atoms with Crippen molar-refractivity contribution in [2.45, 2.75) is 38.1 Å². The third-order valence-electron chi connectivity index (χ3n) is 3.18. The van der Waals surface area contributed by atoms with E-state index in [1.165, 1.54) is 6.42 Å². The van der Waals surface area contributed by atoms with Crippen molar-refractivity contribution >= 4 is 16.3 Å². The summed E-state index contributed by atoms with van der Waals surface area (Å²) in [7, 11) is -2.80. The first kappa shape index (κ1) is 15.2. The summed E-state index contributed by atoms with van der Waals surface area (Å²) in [6.07, 6.45) is 4.27. The Bertz CT molecular complexity index is 365. The van der Waals surface area contributed by atoms with E-state index >= 15 is 0 Å². The summed E-state index contributed by atoms with van der Waals surface area (Å²) in [6, 6.07) is -0.340. The van der Waals surface area contributed by atoms with Crippen molar-refractivity contribution in [3.8, 4) is 0 Å². The maximum absolute atomic E-state index is 11.6. The van der Waals surface area contributed by atoms with E-state index in [0.29, 0.717) is 0 Å². The number of hydrogen-bond acceptors (Lipinski definition) is 5. The van der Waals surface area contributed by atoms with Gasteiger partial charge in [-0.05, 0) is 18.8 Å². The Balaban J connectivity index is 2.58. The number of rotatable bonds is 5. The average Bonchev–Trinajstić information content (AvgIpc) is 2.36. The molecule has 8 heteroatoms. The molecule has 0 saturated heterocycles. The van der Waals surface area contributed by atoms with Crippen LogP contribution in [0.2, 0.25) is 0 Å². The zero-order chi connectivity index (χ0) is 13.6. The molecule has 0 aromatic heterocycles. The fraction of sp³-hybridized carbons (Fsp3) is 0.900. The summed E-state index contributed by atoms with van der Waals surface area (Å²) in [6.45, 7) is 0.215. The normalized spacial score (nSPS) is 19.2. The van der Waals surface area contributed by atoms with Gasteiger partial charge in [-0.2, -0.15) is 13.1 Å². The topological polar surface area (TPSA) is 111 Å². The highest BCUT2D eigenvalue weighted by molar-refractivity contribution is 7.88. The van der Waals surface area contributed by atoms with Gasteiger partial charge in [0, 0.05) is 12.6 Å². The van der Waals surface area contributed by atoms with E-state index in [9.17, 15) is 13.2 Å². The number of nitrogens with two attached hydrogens (primary N) is 1. The lowest BCUT2D eigenvalue weighted by atomic mass is 9.84. The van der Waals surface area contributed by atoms with Gasteiger partial charge in [-0.15, -0.1) is 0 Å². The molecule has 1 amide bonds. The molecule has 1 rings (SSSR count). The molecule has 0 aromatic carbocycles. The predicted molar refractivity (Wildman–Crippen MR) is 67.0 cm³/mol. The minimum Gasteiger partial charge on any atom is -0.452 e. The average molecular weight is 279 g/mol. The fourth-order valence-electron chi connectivity index (χ4n) is 2.25. The van der Waals surface area contributed by atoms with Gasteiger partial charge in [-0.3, -0.25) is 0 Å². The summed E-state index contributed by atoms with van der Waals surface area (Å²) < 4.78 is 31.7. The molecule has 0 spiro atoms. The van der Waals surface area contributed by atoms with Gasteiger partial charge in [0.25, 0.3) is 0 Å². The molecule has 18 heavy (non-hydrogen) atoms. The smallest absolute Gasteiger partial charge is 0.421 e. The molecule has 0 radical (unpaired) electrons. The van der Waals surface area contributed by atoms with Crippen molar-refractivity contribution in [2.24, 2.45) is 11.7 Å². The van der Waals surface area contributed by atoms with Crippen molar-refractivity contribution in [1.82, 2.24) is 9.44 Å². The minimum atomic E-state index is -3.91. The van der Waals surface area contributed by atoms with E-state index in [4.69, 9.17) is 5.73 Å². The Hall–Kier alpha value is -0.860. The minimum absolute atomic E-state index is 0.215. The van der Waals surface area contributed by atoms with Gasteiger partial charge >= 0.3 is 16.3 Å². The lowest BCUT2D eigenvalue weighted by Crippen LogP contribution is -2.51. The van der Waals surface area contributed by atoms with Crippen molar-refractivity contribution in [2.75, 3.05) is 13.7 Å². The van der Waals surface area contributed by atoms with E-state index in [2.05, 4.69) is 9.46 Å². The van der Waals surface area contributed by atoms with E-state index in [1.54, 1.807) is 4.72 Å². The van der Waals surface area contributed by atoms with Crippen molar-refractivity contribution in [3.05, 3.63) is 0 Å². The largest absolute Gasteiger partial charge is 0.452 e. The standard InChI is InChI=1S/C10H21N3O4S/c1-17-10(14)13-18(15,16)12-9(7-11)8-5-3-2-4-6-8/h8-9,12H,2-7,11H2,1H3,(H,13,14). The van der Waals surface area contributed by atoms with Crippen molar-refractivity contribution < 1.29 is 17.9 Å². The number of hydrogen-bond donors (Lipinski definition) is 3. The molecule has 1 aliphatic carbocycles.